The van der Waals surface area contributed by atoms with Gasteiger partial charge in [0.25, 0.3) is 10.0 Å². The minimum Gasteiger partial charge on any atom is -0.334 e. The molecule has 0 bridgehead atoms. The number of nitrogens with zero attached hydrogens (tertiary/aromatic N) is 4. The van der Waals surface area contributed by atoms with Gasteiger partial charge < -0.3 is 4.98 Å². The summed E-state index contributed by atoms with van der Waals surface area (Å²) in [6.45, 7) is 1.68. The van der Waals surface area contributed by atoms with E-state index in [-0.39, 0.29) is 23.9 Å². The van der Waals surface area contributed by atoms with Crippen LogP contribution in [0.5, 0.6) is 0 Å². The van der Waals surface area contributed by atoms with E-state index < -0.39 is 26.1 Å². The largest absolute Gasteiger partial charge is 0.334 e. The summed E-state index contributed by atoms with van der Waals surface area (Å²) in [5.74, 6) is -0.0567. The van der Waals surface area contributed by atoms with Crippen LogP contribution in [0.3, 0.4) is 0 Å². The molecule has 11 heteroatoms. The Kier molecular flexibility index (Phi) is 6.74. The molecule has 3 aromatic rings. The molecule has 1 unspecified atom stereocenters. The Morgan fingerprint density at radius 3 is 2.56 bits per heavy atom. The zero-order valence-corrected chi connectivity index (χ0v) is 20.3. The van der Waals surface area contributed by atoms with Crippen molar-refractivity contribution in [3.8, 4) is 6.07 Å². The van der Waals surface area contributed by atoms with Gasteiger partial charge in [0.15, 0.2) is 5.03 Å². The van der Waals surface area contributed by atoms with E-state index >= 15 is 0 Å². The molecule has 34 heavy (non-hydrogen) atoms. The van der Waals surface area contributed by atoms with E-state index in [0.29, 0.717) is 29.7 Å². The molecule has 2 aromatic carbocycles. The molecule has 0 radical (unpaired) electrons. The molecule has 1 N–H and O–H groups in total. The van der Waals surface area contributed by atoms with Crippen LogP contribution in [0.4, 0.5) is 5.69 Å². The van der Waals surface area contributed by atoms with Crippen LogP contribution in [0.1, 0.15) is 30.0 Å². The molecule has 0 saturated heterocycles. The maximum Gasteiger partial charge on any atom is 0.281 e. The van der Waals surface area contributed by atoms with Gasteiger partial charge in [-0.05, 0) is 42.2 Å². The summed E-state index contributed by atoms with van der Waals surface area (Å²) in [5, 5.41) is 9.32. The summed E-state index contributed by atoms with van der Waals surface area (Å²) in [5.41, 5.74) is 2.02. The van der Waals surface area contributed by atoms with Crippen molar-refractivity contribution < 1.29 is 16.8 Å². The third kappa shape index (κ3) is 4.70. The molecule has 178 valence electrons. The Balaban J connectivity index is 1.89. The van der Waals surface area contributed by atoms with Crippen molar-refractivity contribution in [1.29, 1.82) is 5.26 Å². The predicted molar refractivity (Wildman–Crippen MR) is 128 cm³/mol. The second-order valence-electron chi connectivity index (χ2n) is 8.11. The molecule has 9 nitrogen and oxygen atoms in total. The summed E-state index contributed by atoms with van der Waals surface area (Å²) < 4.78 is 56.6. The van der Waals surface area contributed by atoms with Crippen molar-refractivity contribution in [2.45, 2.75) is 37.4 Å². The standard InChI is InChI=1S/C23H25N5O4S2/c1-2-10-33(29,30)27-15-20-11-19(13-24)8-9-22(20)28(34(31,32)23-14-25-17-26-23)16-21(27)12-18-6-4-3-5-7-18/h3-9,11,14,17,21H,2,10,12,15-16H2,1H3,(H,25,26). The minimum absolute atomic E-state index is 0.0281. The van der Waals surface area contributed by atoms with Gasteiger partial charge in [-0.3, -0.25) is 4.31 Å². The molecule has 0 amide bonds. The first-order valence-electron chi connectivity index (χ1n) is 10.8. The summed E-state index contributed by atoms with van der Waals surface area (Å²) in [7, 11) is -7.77. The normalized spacial score (nSPS) is 17.1. The molecular formula is C23H25N5O4S2. The number of hydrogen-bond donors (Lipinski definition) is 1. The lowest BCUT2D eigenvalue weighted by Crippen LogP contribution is -2.47. The van der Waals surface area contributed by atoms with Gasteiger partial charge >= 0.3 is 0 Å². The average Bonchev–Trinajstić information content (AvgIpc) is 3.31. The predicted octanol–water partition coefficient (Wildman–Crippen LogP) is 2.64. The number of nitriles is 1. The highest BCUT2D eigenvalue weighted by Gasteiger charge is 2.39. The van der Waals surface area contributed by atoms with Gasteiger partial charge in [0, 0.05) is 12.6 Å². The number of H-pyrrole nitrogens is 1. The highest BCUT2D eigenvalue weighted by molar-refractivity contribution is 7.92. The quantitative estimate of drug-likeness (QED) is 0.532. The van der Waals surface area contributed by atoms with Gasteiger partial charge in [0.05, 0.1) is 42.1 Å². The lowest BCUT2D eigenvalue weighted by atomic mass is 10.1. The summed E-state index contributed by atoms with van der Waals surface area (Å²) >= 11 is 0. The van der Waals surface area contributed by atoms with E-state index in [4.69, 9.17) is 0 Å². The number of benzene rings is 2. The van der Waals surface area contributed by atoms with Crippen molar-refractivity contribution in [2.75, 3.05) is 16.6 Å². The van der Waals surface area contributed by atoms with Crippen LogP contribution in [0.15, 0.2) is 66.1 Å². The minimum atomic E-state index is -4.07. The third-order valence-corrected chi connectivity index (χ3v) is 9.53. The molecular weight excluding hydrogens is 474 g/mol. The highest BCUT2D eigenvalue weighted by Crippen LogP contribution is 2.34. The number of nitrogens with one attached hydrogen (secondary N) is 1. The van der Waals surface area contributed by atoms with Crippen LogP contribution >= 0.6 is 0 Å². The smallest absolute Gasteiger partial charge is 0.281 e. The number of aromatic amines is 1. The number of imidazole rings is 1. The first-order chi connectivity index (χ1) is 16.3. The van der Waals surface area contributed by atoms with Gasteiger partial charge in [0.2, 0.25) is 10.0 Å². The molecule has 1 aliphatic heterocycles. The van der Waals surface area contributed by atoms with Gasteiger partial charge in [-0.1, -0.05) is 37.3 Å². The molecule has 0 saturated carbocycles. The van der Waals surface area contributed by atoms with Gasteiger partial charge in [-0.2, -0.15) is 18.0 Å². The number of anilines is 1. The van der Waals surface area contributed by atoms with Crippen LogP contribution in [0.2, 0.25) is 0 Å². The van der Waals surface area contributed by atoms with Crippen LogP contribution < -0.4 is 4.31 Å². The summed E-state index contributed by atoms with van der Waals surface area (Å²) in [4.78, 5) is 6.49. The van der Waals surface area contributed by atoms with Crippen LogP contribution in [-0.2, 0) is 33.0 Å². The molecule has 1 aromatic heterocycles. The van der Waals surface area contributed by atoms with Gasteiger partial charge in [-0.25, -0.2) is 13.4 Å². The van der Waals surface area contributed by atoms with Crippen molar-refractivity contribution in [3.05, 3.63) is 77.7 Å². The van der Waals surface area contributed by atoms with E-state index in [1.165, 1.54) is 27.2 Å². The number of sulfonamides is 2. The fraction of sp³-hybridized carbons (Fsp3) is 0.304. The van der Waals surface area contributed by atoms with E-state index in [1.54, 1.807) is 19.1 Å². The van der Waals surface area contributed by atoms with E-state index in [9.17, 15) is 22.1 Å². The van der Waals surface area contributed by atoms with Crippen molar-refractivity contribution in [1.82, 2.24) is 14.3 Å². The number of hydrogen-bond acceptors (Lipinski definition) is 6. The van der Waals surface area contributed by atoms with Crippen molar-refractivity contribution >= 4 is 25.7 Å². The Labute approximate surface area is 199 Å². The second kappa shape index (κ2) is 9.58. The van der Waals surface area contributed by atoms with E-state index in [1.807, 2.05) is 30.3 Å². The number of rotatable bonds is 7. The van der Waals surface area contributed by atoms with Crippen LogP contribution in [0.25, 0.3) is 0 Å². The van der Waals surface area contributed by atoms with Crippen molar-refractivity contribution in [3.63, 3.8) is 0 Å². The number of fused-ring (bicyclic) bond motifs is 1. The maximum atomic E-state index is 13.6. The molecule has 0 aliphatic carbocycles. The topological polar surface area (TPSA) is 127 Å². The molecule has 4 rings (SSSR count). The van der Waals surface area contributed by atoms with E-state index in [2.05, 4.69) is 16.0 Å². The maximum absolute atomic E-state index is 13.6. The molecule has 0 fully saturated rings. The third-order valence-electron chi connectivity index (χ3n) is 5.76. The fourth-order valence-electron chi connectivity index (χ4n) is 4.19. The zero-order chi connectivity index (χ0) is 24.3. The Morgan fingerprint density at radius 2 is 1.91 bits per heavy atom. The van der Waals surface area contributed by atoms with E-state index in [0.717, 1.165) is 5.56 Å². The Bertz CT molecular complexity index is 1400. The first kappa shape index (κ1) is 23.9. The highest BCUT2D eigenvalue weighted by atomic mass is 32.2. The fourth-order valence-corrected chi connectivity index (χ4v) is 7.31. The Morgan fingerprint density at radius 1 is 1.15 bits per heavy atom. The summed E-state index contributed by atoms with van der Waals surface area (Å²) in [6, 6.07) is 15.5. The van der Waals surface area contributed by atoms with Crippen molar-refractivity contribution in [2.24, 2.45) is 0 Å². The monoisotopic (exact) mass is 499 g/mol. The second-order valence-corrected chi connectivity index (χ2v) is 12.0. The van der Waals surface area contributed by atoms with Crippen LogP contribution in [0, 0.1) is 11.3 Å². The SMILES string of the molecule is CCCS(=O)(=O)N1Cc2cc(C#N)ccc2N(S(=O)(=O)c2cnc[nH]2)CC1Cc1ccccc1. The molecule has 1 aliphatic rings. The van der Waals surface area contributed by atoms with Crippen LogP contribution in [-0.4, -0.2) is 49.4 Å². The Hall–Kier alpha value is -3.20. The summed E-state index contributed by atoms with van der Waals surface area (Å²) in [6.07, 6.45) is 3.27. The number of aromatic nitrogens is 2. The lowest BCUT2D eigenvalue weighted by Gasteiger charge is -2.31. The lowest BCUT2D eigenvalue weighted by molar-refractivity contribution is 0.322. The van der Waals surface area contributed by atoms with Gasteiger partial charge in [-0.15, -0.1) is 0 Å². The molecule has 2 heterocycles. The zero-order valence-electron chi connectivity index (χ0n) is 18.6. The molecule has 0 spiro atoms. The first-order valence-corrected chi connectivity index (χ1v) is 13.9. The molecule has 1 atom stereocenters. The van der Waals surface area contributed by atoms with Gasteiger partial charge in [0.1, 0.15) is 0 Å². The average molecular weight is 500 g/mol.